The van der Waals surface area contributed by atoms with Crippen LogP contribution in [0.1, 0.15) is 24.1 Å². The van der Waals surface area contributed by atoms with Gasteiger partial charge in [-0.3, -0.25) is 0 Å². The molecule has 0 unspecified atom stereocenters. The number of nitrogens with one attached hydrogen (secondary N) is 1. The van der Waals surface area contributed by atoms with Crippen molar-refractivity contribution in [3.63, 3.8) is 0 Å². The number of benzene rings is 1. The molecule has 1 atom stereocenters. The molecule has 4 rings (SSSR count). The van der Waals surface area contributed by atoms with Gasteiger partial charge in [-0.25, -0.2) is 14.2 Å². The summed E-state index contributed by atoms with van der Waals surface area (Å²) in [6, 6.07) is 6.16. The standard InChI is InChI=1S/C24H28F4N4O2/c1-15-9-20(25)21(30-23(33)32-4-3-17(14-32)13-24(26,27)28)12-19(15)18-10-16(2)29-22(11-18)31-5-7-34-8-6-31/h9-12,17H,3-8,13-14H2,1-2H3,(H,30,33)/t17-/m0/s1. The lowest BCUT2D eigenvalue weighted by molar-refractivity contribution is -0.143. The van der Waals surface area contributed by atoms with Gasteiger partial charge < -0.3 is 19.9 Å². The maximum absolute atomic E-state index is 14.7. The molecule has 0 aliphatic carbocycles. The third-order valence-electron chi connectivity index (χ3n) is 6.23. The van der Waals surface area contributed by atoms with E-state index >= 15 is 0 Å². The Morgan fingerprint density at radius 1 is 1.15 bits per heavy atom. The Morgan fingerprint density at radius 3 is 2.59 bits per heavy atom. The first-order chi connectivity index (χ1) is 16.1. The largest absolute Gasteiger partial charge is 0.389 e. The van der Waals surface area contributed by atoms with Crippen molar-refractivity contribution < 1.29 is 27.1 Å². The predicted octanol–water partition coefficient (Wildman–Crippen LogP) is 5.15. The van der Waals surface area contributed by atoms with Gasteiger partial charge in [0.2, 0.25) is 0 Å². The van der Waals surface area contributed by atoms with Crippen LogP contribution in [0.2, 0.25) is 0 Å². The molecule has 1 aromatic carbocycles. The highest BCUT2D eigenvalue weighted by molar-refractivity contribution is 5.91. The maximum Gasteiger partial charge on any atom is 0.389 e. The summed E-state index contributed by atoms with van der Waals surface area (Å²) in [5.74, 6) is -0.428. The molecular weight excluding hydrogens is 452 g/mol. The number of alkyl halides is 3. The number of aromatic nitrogens is 1. The topological polar surface area (TPSA) is 57.7 Å². The van der Waals surface area contributed by atoms with Gasteiger partial charge in [-0.1, -0.05) is 0 Å². The minimum Gasteiger partial charge on any atom is -0.378 e. The average Bonchev–Trinajstić information content (AvgIpc) is 3.22. The van der Waals surface area contributed by atoms with Gasteiger partial charge in [0.25, 0.3) is 0 Å². The molecule has 0 saturated carbocycles. The lowest BCUT2D eigenvalue weighted by atomic mass is 9.99. The Bertz CT molecular complexity index is 1050. The predicted molar refractivity (Wildman–Crippen MR) is 122 cm³/mol. The molecule has 2 fully saturated rings. The molecule has 1 N–H and O–H groups in total. The molecule has 1 aromatic heterocycles. The number of rotatable bonds is 4. The van der Waals surface area contributed by atoms with Gasteiger partial charge >= 0.3 is 12.2 Å². The first-order valence-corrected chi connectivity index (χ1v) is 11.3. The fraction of sp³-hybridized carbons (Fsp3) is 0.500. The van der Waals surface area contributed by atoms with Crippen LogP contribution in [0.4, 0.5) is 33.9 Å². The van der Waals surface area contributed by atoms with Crippen molar-refractivity contribution in [3.8, 4) is 11.1 Å². The molecule has 3 heterocycles. The molecule has 0 spiro atoms. The zero-order valence-electron chi connectivity index (χ0n) is 19.2. The number of carbonyl (C=O) groups is 1. The van der Waals surface area contributed by atoms with Crippen molar-refractivity contribution in [2.75, 3.05) is 49.6 Å². The van der Waals surface area contributed by atoms with Gasteiger partial charge in [0, 0.05) is 38.3 Å². The Hall–Kier alpha value is -2.88. The van der Waals surface area contributed by atoms with Crippen molar-refractivity contribution in [1.29, 1.82) is 0 Å². The van der Waals surface area contributed by atoms with Crippen LogP contribution in [0, 0.1) is 25.6 Å². The minimum absolute atomic E-state index is 0.00185. The summed E-state index contributed by atoms with van der Waals surface area (Å²) in [4.78, 5) is 20.7. The van der Waals surface area contributed by atoms with Crippen LogP contribution < -0.4 is 10.2 Å². The fourth-order valence-corrected chi connectivity index (χ4v) is 4.55. The second-order valence-corrected chi connectivity index (χ2v) is 8.95. The third kappa shape index (κ3) is 5.78. The molecular formula is C24H28F4N4O2. The van der Waals surface area contributed by atoms with E-state index in [2.05, 4.69) is 15.2 Å². The summed E-state index contributed by atoms with van der Waals surface area (Å²) < 4.78 is 58.2. The van der Waals surface area contributed by atoms with Crippen LogP contribution in [0.15, 0.2) is 24.3 Å². The average molecular weight is 481 g/mol. The SMILES string of the molecule is Cc1cc(-c2cc(NC(=O)N3CC[C@@H](CC(F)(F)F)C3)c(F)cc2C)cc(N2CCOCC2)n1. The van der Waals surface area contributed by atoms with Crippen LogP contribution in [0.25, 0.3) is 11.1 Å². The van der Waals surface area contributed by atoms with E-state index in [1.807, 2.05) is 19.1 Å². The molecule has 2 aliphatic heterocycles. The number of anilines is 2. The number of pyridine rings is 1. The highest BCUT2D eigenvalue weighted by atomic mass is 19.4. The number of halogens is 4. The van der Waals surface area contributed by atoms with Crippen molar-refractivity contribution >= 4 is 17.5 Å². The van der Waals surface area contributed by atoms with Crippen molar-refractivity contribution in [1.82, 2.24) is 9.88 Å². The molecule has 184 valence electrons. The highest BCUT2D eigenvalue weighted by Crippen LogP contribution is 2.33. The van der Waals surface area contributed by atoms with Crippen LogP contribution in [-0.4, -0.2) is 61.5 Å². The second kappa shape index (κ2) is 9.77. The second-order valence-electron chi connectivity index (χ2n) is 8.95. The first-order valence-electron chi connectivity index (χ1n) is 11.3. The lowest BCUT2D eigenvalue weighted by Gasteiger charge is -2.28. The number of morpholine rings is 1. The molecule has 6 nitrogen and oxygen atoms in total. The Morgan fingerprint density at radius 2 is 1.88 bits per heavy atom. The van der Waals surface area contributed by atoms with Crippen LogP contribution in [-0.2, 0) is 4.74 Å². The van der Waals surface area contributed by atoms with Gasteiger partial charge in [-0.05, 0) is 67.1 Å². The van der Waals surface area contributed by atoms with Crippen molar-refractivity contribution in [2.24, 2.45) is 5.92 Å². The van der Waals surface area contributed by atoms with Gasteiger partial charge in [0.05, 0.1) is 18.9 Å². The Labute approximate surface area is 195 Å². The van der Waals surface area contributed by atoms with Gasteiger partial charge in [0.1, 0.15) is 11.6 Å². The number of nitrogens with zero attached hydrogens (tertiary/aromatic N) is 3. The fourth-order valence-electron chi connectivity index (χ4n) is 4.55. The van der Waals surface area contributed by atoms with Crippen LogP contribution in [0.5, 0.6) is 0 Å². The number of likely N-dealkylation sites (tertiary alicyclic amines) is 1. The number of carbonyl (C=O) groups excluding carboxylic acids is 1. The van der Waals surface area contributed by atoms with Crippen LogP contribution in [0.3, 0.4) is 0 Å². The lowest BCUT2D eigenvalue weighted by Crippen LogP contribution is -2.36. The normalized spacial score (nSPS) is 18.9. The zero-order chi connectivity index (χ0) is 24.5. The van der Waals surface area contributed by atoms with E-state index in [1.54, 1.807) is 13.0 Å². The van der Waals surface area contributed by atoms with E-state index in [-0.39, 0.29) is 25.2 Å². The number of amides is 2. The first kappa shape index (κ1) is 24.3. The molecule has 34 heavy (non-hydrogen) atoms. The smallest absolute Gasteiger partial charge is 0.378 e. The molecule has 2 amide bonds. The number of hydrogen-bond acceptors (Lipinski definition) is 4. The number of hydrogen-bond donors (Lipinski definition) is 1. The van der Waals surface area contributed by atoms with E-state index < -0.39 is 30.4 Å². The van der Waals surface area contributed by atoms with E-state index in [4.69, 9.17) is 4.74 Å². The molecule has 2 aliphatic rings. The molecule has 2 saturated heterocycles. The maximum atomic E-state index is 14.7. The van der Waals surface area contributed by atoms with Crippen molar-refractivity contribution in [2.45, 2.75) is 32.9 Å². The summed E-state index contributed by atoms with van der Waals surface area (Å²) >= 11 is 0. The summed E-state index contributed by atoms with van der Waals surface area (Å²) in [7, 11) is 0. The van der Waals surface area contributed by atoms with Crippen molar-refractivity contribution in [3.05, 3.63) is 41.3 Å². The van der Waals surface area contributed by atoms with Gasteiger partial charge in [-0.2, -0.15) is 13.2 Å². The summed E-state index contributed by atoms with van der Waals surface area (Å²) in [6.45, 7) is 6.58. The van der Waals surface area contributed by atoms with Gasteiger partial charge in [0.15, 0.2) is 0 Å². The van der Waals surface area contributed by atoms with Gasteiger partial charge in [-0.15, -0.1) is 0 Å². The third-order valence-corrected chi connectivity index (χ3v) is 6.23. The molecule has 0 bridgehead atoms. The molecule has 10 heteroatoms. The van der Waals surface area contributed by atoms with E-state index in [9.17, 15) is 22.4 Å². The van der Waals surface area contributed by atoms with Crippen LogP contribution >= 0.6 is 0 Å². The molecule has 0 radical (unpaired) electrons. The number of aryl methyl sites for hydroxylation is 2. The number of urea groups is 1. The summed E-state index contributed by atoms with van der Waals surface area (Å²) in [6.07, 6.45) is -4.92. The molecule has 2 aromatic rings. The quantitative estimate of drug-likeness (QED) is 0.616. The zero-order valence-corrected chi connectivity index (χ0v) is 19.2. The minimum atomic E-state index is -4.27. The summed E-state index contributed by atoms with van der Waals surface area (Å²) in [5, 5.41) is 2.55. The van der Waals surface area contributed by atoms with E-state index in [1.165, 1.54) is 11.0 Å². The number of ether oxygens (including phenoxy) is 1. The van der Waals surface area contributed by atoms with E-state index in [0.717, 1.165) is 35.7 Å². The summed E-state index contributed by atoms with van der Waals surface area (Å²) in [5.41, 5.74) is 3.08. The highest BCUT2D eigenvalue weighted by Gasteiger charge is 2.36. The monoisotopic (exact) mass is 480 g/mol. The van der Waals surface area contributed by atoms with E-state index in [0.29, 0.717) is 18.8 Å². The Kier molecular flexibility index (Phi) is 6.97. The Balaban J connectivity index is 1.54.